The van der Waals surface area contributed by atoms with Crippen molar-refractivity contribution in [2.45, 2.75) is 45.6 Å². The molecular formula is C12H22O3. The molecule has 0 aliphatic heterocycles. The van der Waals surface area contributed by atoms with E-state index in [0.29, 0.717) is 13.2 Å². The molecule has 0 aromatic rings. The number of carbonyl (C=O) groups excluding carboxylic acids is 1. The fourth-order valence-corrected chi connectivity index (χ4v) is 1.31. The van der Waals surface area contributed by atoms with Gasteiger partial charge >= 0.3 is 5.97 Å². The van der Waals surface area contributed by atoms with Gasteiger partial charge in [-0.1, -0.05) is 32.8 Å². The van der Waals surface area contributed by atoms with E-state index in [1.807, 2.05) is 6.92 Å². The second kappa shape index (κ2) is 9.71. The van der Waals surface area contributed by atoms with Crippen LogP contribution < -0.4 is 0 Å². The summed E-state index contributed by atoms with van der Waals surface area (Å²) in [6.07, 6.45) is 5.66. The lowest BCUT2D eigenvalue weighted by Crippen LogP contribution is -2.21. The zero-order valence-electron chi connectivity index (χ0n) is 9.83. The SMILES string of the molecule is C=CC(=O)OCC(CCCCC)OCC. The predicted molar refractivity (Wildman–Crippen MR) is 60.7 cm³/mol. The van der Waals surface area contributed by atoms with Gasteiger partial charge in [0, 0.05) is 12.7 Å². The standard InChI is InChI=1S/C12H22O3/c1-4-7-8-9-11(14-6-3)10-15-12(13)5-2/h5,11H,2,4,6-10H2,1,3H3. The second-order valence-corrected chi connectivity index (χ2v) is 3.41. The molecule has 0 spiro atoms. The number of hydrogen-bond acceptors (Lipinski definition) is 3. The quantitative estimate of drug-likeness (QED) is 0.336. The van der Waals surface area contributed by atoms with Gasteiger partial charge < -0.3 is 9.47 Å². The van der Waals surface area contributed by atoms with Gasteiger partial charge in [-0.25, -0.2) is 4.79 Å². The molecule has 0 rings (SSSR count). The lowest BCUT2D eigenvalue weighted by Gasteiger charge is -2.16. The molecule has 0 heterocycles. The van der Waals surface area contributed by atoms with E-state index in [1.165, 1.54) is 18.9 Å². The minimum Gasteiger partial charge on any atom is -0.460 e. The molecule has 0 amide bonds. The molecule has 3 nitrogen and oxygen atoms in total. The number of esters is 1. The smallest absolute Gasteiger partial charge is 0.330 e. The summed E-state index contributed by atoms with van der Waals surface area (Å²) < 4.78 is 10.4. The molecule has 0 fully saturated rings. The molecular weight excluding hydrogens is 192 g/mol. The highest BCUT2D eigenvalue weighted by molar-refractivity contribution is 5.81. The molecule has 3 heteroatoms. The Morgan fingerprint density at radius 3 is 2.67 bits per heavy atom. The molecule has 0 aromatic heterocycles. The number of rotatable bonds is 9. The zero-order valence-corrected chi connectivity index (χ0v) is 9.83. The molecule has 1 atom stereocenters. The topological polar surface area (TPSA) is 35.5 Å². The van der Waals surface area contributed by atoms with Crippen LogP contribution >= 0.6 is 0 Å². The largest absolute Gasteiger partial charge is 0.460 e. The molecule has 0 aliphatic carbocycles. The molecule has 0 aliphatic rings. The molecule has 0 aromatic carbocycles. The molecule has 88 valence electrons. The van der Waals surface area contributed by atoms with Crippen LogP contribution in [0.3, 0.4) is 0 Å². The summed E-state index contributed by atoms with van der Waals surface area (Å²) in [4.78, 5) is 10.9. The van der Waals surface area contributed by atoms with Crippen molar-refractivity contribution in [2.75, 3.05) is 13.2 Å². The third-order valence-corrected chi connectivity index (χ3v) is 2.11. The Morgan fingerprint density at radius 1 is 1.40 bits per heavy atom. The van der Waals surface area contributed by atoms with Crippen molar-refractivity contribution in [3.8, 4) is 0 Å². The summed E-state index contributed by atoms with van der Waals surface area (Å²) in [7, 11) is 0. The number of unbranched alkanes of at least 4 members (excludes halogenated alkanes) is 2. The maximum Gasteiger partial charge on any atom is 0.330 e. The van der Waals surface area contributed by atoms with Crippen LogP contribution in [0.15, 0.2) is 12.7 Å². The normalized spacial score (nSPS) is 12.1. The molecule has 0 N–H and O–H groups in total. The van der Waals surface area contributed by atoms with Crippen molar-refractivity contribution >= 4 is 5.97 Å². The van der Waals surface area contributed by atoms with E-state index in [9.17, 15) is 4.79 Å². The highest BCUT2D eigenvalue weighted by atomic mass is 16.6. The van der Waals surface area contributed by atoms with Gasteiger partial charge in [-0.05, 0) is 13.3 Å². The first kappa shape index (κ1) is 14.2. The third kappa shape index (κ3) is 8.18. The van der Waals surface area contributed by atoms with Crippen LogP contribution in [0.25, 0.3) is 0 Å². The average molecular weight is 214 g/mol. The Morgan fingerprint density at radius 2 is 2.13 bits per heavy atom. The van der Waals surface area contributed by atoms with E-state index in [0.717, 1.165) is 12.8 Å². The molecule has 0 bridgehead atoms. The van der Waals surface area contributed by atoms with Crippen molar-refractivity contribution < 1.29 is 14.3 Å². The monoisotopic (exact) mass is 214 g/mol. The van der Waals surface area contributed by atoms with Crippen LogP contribution in [0.5, 0.6) is 0 Å². The first-order valence-electron chi connectivity index (χ1n) is 5.65. The first-order valence-corrected chi connectivity index (χ1v) is 5.65. The zero-order chi connectivity index (χ0) is 11.5. The van der Waals surface area contributed by atoms with Crippen LogP contribution in [0.4, 0.5) is 0 Å². The van der Waals surface area contributed by atoms with E-state index < -0.39 is 0 Å². The molecule has 0 saturated carbocycles. The summed E-state index contributed by atoms with van der Waals surface area (Å²) in [6, 6.07) is 0. The summed E-state index contributed by atoms with van der Waals surface area (Å²) >= 11 is 0. The number of ether oxygens (including phenoxy) is 2. The van der Waals surface area contributed by atoms with E-state index >= 15 is 0 Å². The second-order valence-electron chi connectivity index (χ2n) is 3.41. The lowest BCUT2D eigenvalue weighted by atomic mass is 10.1. The first-order chi connectivity index (χ1) is 7.24. The Labute approximate surface area is 92.5 Å². The summed E-state index contributed by atoms with van der Waals surface area (Å²) in [5, 5.41) is 0. The number of carbonyl (C=O) groups is 1. The van der Waals surface area contributed by atoms with Crippen molar-refractivity contribution in [3.63, 3.8) is 0 Å². The van der Waals surface area contributed by atoms with Crippen molar-refractivity contribution in [1.82, 2.24) is 0 Å². The van der Waals surface area contributed by atoms with E-state index in [2.05, 4.69) is 13.5 Å². The Bertz CT molecular complexity index is 178. The fourth-order valence-electron chi connectivity index (χ4n) is 1.31. The van der Waals surface area contributed by atoms with E-state index in [1.54, 1.807) is 0 Å². The molecule has 0 saturated heterocycles. The molecule has 15 heavy (non-hydrogen) atoms. The minimum absolute atomic E-state index is 0.0328. The van der Waals surface area contributed by atoms with Crippen LogP contribution in [0, 0.1) is 0 Å². The molecule has 1 unspecified atom stereocenters. The minimum atomic E-state index is -0.379. The molecule has 0 radical (unpaired) electrons. The van der Waals surface area contributed by atoms with Crippen molar-refractivity contribution in [1.29, 1.82) is 0 Å². The summed E-state index contributed by atoms with van der Waals surface area (Å²) in [6.45, 7) is 8.44. The van der Waals surface area contributed by atoms with Crippen molar-refractivity contribution in [3.05, 3.63) is 12.7 Å². The van der Waals surface area contributed by atoms with Crippen LogP contribution in [-0.4, -0.2) is 25.3 Å². The highest BCUT2D eigenvalue weighted by Gasteiger charge is 2.10. The summed E-state index contributed by atoms with van der Waals surface area (Å²) in [5.74, 6) is -0.379. The average Bonchev–Trinajstić information content (AvgIpc) is 2.25. The van der Waals surface area contributed by atoms with Gasteiger partial charge in [0.05, 0.1) is 6.10 Å². The van der Waals surface area contributed by atoms with E-state index in [-0.39, 0.29) is 12.1 Å². The lowest BCUT2D eigenvalue weighted by molar-refractivity contribution is -0.142. The maximum absolute atomic E-state index is 10.9. The highest BCUT2D eigenvalue weighted by Crippen LogP contribution is 2.07. The van der Waals surface area contributed by atoms with Gasteiger partial charge in [0.15, 0.2) is 0 Å². The van der Waals surface area contributed by atoms with Crippen LogP contribution in [0.1, 0.15) is 39.5 Å². The third-order valence-electron chi connectivity index (χ3n) is 2.11. The van der Waals surface area contributed by atoms with Gasteiger partial charge in [0.25, 0.3) is 0 Å². The number of hydrogen-bond donors (Lipinski definition) is 0. The van der Waals surface area contributed by atoms with Gasteiger partial charge in [-0.2, -0.15) is 0 Å². The fraction of sp³-hybridized carbons (Fsp3) is 0.750. The summed E-state index contributed by atoms with van der Waals surface area (Å²) in [5.41, 5.74) is 0. The van der Waals surface area contributed by atoms with Crippen LogP contribution in [0.2, 0.25) is 0 Å². The Kier molecular flexibility index (Phi) is 9.18. The van der Waals surface area contributed by atoms with Crippen molar-refractivity contribution in [2.24, 2.45) is 0 Å². The van der Waals surface area contributed by atoms with Gasteiger partial charge in [-0.3, -0.25) is 0 Å². The Hall–Kier alpha value is -0.830. The Balaban J connectivity index is 3.71. The predicted octanol–water partition coefficient (Wildman–Crippen LogP) is 2.70. The van der Waals surface area contributed by atoms with Gasteiger partial charge in [0.2, 0.25) is 0 Å². The van der Waals surface area contributed by atoms with Crippen LogP contribution in [-0.2, 0) is 14.3 Å². The van der Waals surface area contributed by atoms with Gasteiger partial charge in [0.1, 0.15) is 6.61 Å². The maximum atomic E-state index is 10.9. The van der Waals surface area contributed by atoms with E-state index in [4.69, 9.17) is 9.47 Å². The van der Waals surface area contributed by atoms with Gasteiger partial charge in [-0.15, -0.1) is 0 Å².